The molecule has 0 atom stereocenters. The van der Waals surface area contributed by atoms with Crippen molar-refractivity contribution in [3.63, 3.8) is 0 Å². The van der Waals surface area contributed by atoms with Gasteiger partial charge in [-0.2, -0.15) is 0 Å². The van der Waals surface area contributed by atoms with Crippen LogP contribution in [0.5, 0.6) is 11.5 Å². The van der Waals surface area contributed by atoms with Crippen LogP contribution in [0.1, 0.15) is 5.56 Å². The van der Waals surface area contributed by atoms with E-state index < -0.39 is 4.92 Å². The summed E-state index contributed by atoms with van der Waals surface area (Å²) < 4.78 is 6.12. The number of nitro groups is 1. The molecule has 2 aromatic carbocycles. The smallest absolute Gasteiger partial charge is 0.312 e. The molecular weight excluding hydrogens is 314 g/mol. The van der Waals surface area contributed by atoms with Crippen molar-refractivity contribution < 1.29 is 14.8 Å². The van der Waals surface area contributed by atoms with Gasteiger partial charge in [0.1, 0.15) is 5.75 Å². The van der Waals surface area contributed by atoms with E-state index in [2.05, 4.69) is 15.9 Å². The van der Waals surface area contributed by atoms with Crippen LogP contribution in [-0.4, -0.2) is 10.0 Å². The molecule has 0 aliphatic carbocycles. The lowest BCUT2D eigenvalue weighted by Gasteiger charge is -2.09. The van der Waals surface area contributed by atoms with Gasteiger partial charge in [0.2, 0.25) is 5.75 Å². The minimum absolute atomic E-state index is 0.133. The molecule has 0 heterocycles. The van der Waals surface area contributed by atoms with Gasteiger partial charge in [0, 0.05) is 16.1 Å². The van der Waals surface area contributed by atoms with Crippen molar-refractivity contribution in [3.05, 3.63) is 62.6 Å². The monoisotopic (exact) mass is 323 g/mol. The van der Waals surface area contributed by atoms with Gasteiger partial charge in [-0.25, -0.2) is 0 Å². The van der Waals surface area contributed by atoms with Gasteiger partial charge in [0.05, 0.1) is 11.5 Å². The Morgan fingerprint density at radius 1 is 1.21 bits per heavy atom. The normalized spacial score (nSPS) is 10.2. The summed E-state index contributed by atoms with van der Waals surface area (Å²) >= 11 is 3.18. The maximum Gasteiger partial charge on any atom is 0.312 e. The van der Waals surface area contributed by atoms with E-state index in [1.54, 1.807) is 30.3 Å². The number of ether oxygens (including phenoxy) is 1. The van der Waals surface area contributed by atoms with Gasteiger partial charge in [-0.1, -0.05) is 34.1 Å². The molecule has 0 aromatic heterocycles. The molecule has 1 N–H and O–H groups in total. The van der Waals surface area contributed by atoms with Gasteiger partial charge in [0.15, 0.2) is 0 Å². The van der Waals surface area contributed by atoms with E-state index in [1.165, 1.54) is 12.1 Å². The second-order valence-corrected chi connectivity index (χ2v) is 4.65. The molecule has 2 rings (SSSR count). The summed E-state index contributed by atoms with van der Waals surface area (Å²) in [6.07, 6.45) is 0. The van der Waals surface area contributed by atoms with Crippen molar-refractivity contribution in [3.8, 4) is 11.5 Å². The molecule has 2 aromatic rings. The molecule has 0 aliphatic rings. The minimum Gasteiger partial charge on any atom is -0.450 e. The fraction of sp³-hybridized carbons (Fsp3) is 0.0769. The van der Waals surface area contributed by atoms with Crippen LogP contribution < -0.4 is 4.74 Å². The van der Waals surface area contributed by atoms with E-state index in [9.17, 15) is 15.2 Å². The summed E-state index contributed by atoms with van der Waals surface area (Å²) in [5, 5.41) is 20.2. The van der Waals surface area contributed by atoms with Crippen LogP contribution in [0.15, 0.2) is 46.9 Å². The van der Waals surface area contributed by atoms with E-state index in [1.807, 2.05) is 0 Å². The van der Waals surface area contributed by atoms with Crippen molar-refractivity contribution in [2.45, 2.75) is 6.61 Å². The lowest BCUT2D eigenvalue weighted by Crippen LogP contribution is -1.96. The molecule has 0 unspecified atom stereocenters. The molecular formula is C13H10BrNO4. The van der Waals surface area contributed by atoms with Crippen LogP contribution in [0, 0.1) is 10.1 Å². The fourth-order valence-corrected chi connectivity index (χ4v) is 1.92. The summed E-state index contributed by atoms with van der Waals surface area (Å²) in [6.45, 7) is -0.194. The maximum absolute atomic E-state index is 11.0. The molecule has 5 nitrogen and oxygen atoms in total. The second-order valence-electron chi connectivity index (χ2n) is 3.74. The maximum atomic E-state index is 11.0. The first-order valence-electron chi connectivity index (χ1n) is 5.42. The van der Waals surface area contributed by atoms with Crippen molar-refractivity contribution in [1.82, 2.24) is 0 Å². The zero-order chi connectivity index (χ0) is 13.8. The van der Waals surface area contributed by atoms with Gasteiger partial charge in [-0.15, -0.1) is 0 Å². The van der Waals surface area contributed by atoms with Crippen molar-refractivity contribution in [1.29, 1.82) is 0 Å². The summed E-state index contributed by atoms with van der Waals surface area (Å²) in [5.74, 6) is 0.532. The number of halogens is 1. The van der Waals surface area contributed by atoms with Crippen LogP contribution in [0.2, 0.25) is 0 Å². The first-order valence-corrected chi connectivity index (χ1v) is 6.21. The van der Waals surface area contributed by atoms with Crippen molar-refractivity contribution in [2.75, 3.05) is 0 Å². The Morgan fingerprint density at radius 3 is 2.63 bits per heavy atom. The van der Waals surface area contributed by atoms with Gasteiger partial charge in [-0.05, 0) is 18.2 Å². The SMILES string of the molecule is O=[N+]([O-])c1cc(Br)ccc1Oc1ccccc1CO. The molecule has 0 aliphatic heterocycles. The molecule has 98 valence electrons. The molecule has 6 heteroatoms. The van der Waals surface area contributed by atoms with Gasteiger partial charge in [-0.3, -0.25) is 10.1 Å². The van der Waals surface area contributed by atoms with Crippen molar-refractivity contribution in [2.24, 2.45) is 0 Å². The Bertz CT molecular complexity index is 615. The Labute approximate surface area is 117 Å². The molecule has 0 fully saturated rings. The number of aliphatic hydroxyl groups is 1. The Kier molecular flexibility index (Phi) is 4.13. The average molecular weight is 324 g/mol. The van der Waals surface area contributed by atoms with E-state index in [-0.39, 0.29) is 18.0 Å². The van der Waals surface area contributed by atoms with Crippen LogP contribution in [0.4, 0.5) is 5.69 Å². The lowest BCUT2D eigenvalue weighted by molar-refractivity contribution is -0.385. The fourth-order valence-electron chi connectivity index (χ4n) is 1.57. The predicted octanol–water partition coefficient (Wildman–Crippen LogP) is 3.64. The largest absolute Gasteiger partial charge is 0.450 e. The topological polar surface area (TPSA) is 72.6 Å². The Hall–Kier alpha value is -1.92. The van der Waals surface area contributed by atoms with E-state index in [4.69, 9.17) is 4.74 Å². The number of nitrogens with zero attached hydrogens (tertiary/aromatic N) is 1. The zero-order valence-corrected chi connectivity index (χ0v) is 11.3. The highest BCUT2D eigenvalue weighted by Crippen LogP contribution is 2.34. The Morgan fingerprint density at radius 2 is 1.95 bits per heavy atom. The number of hydrogen-bond donors (Lipinski definition) is 1. The quantitative estimate of drug-likeness (QED) is 0.688. The number of benzene rings is 2. The number of hydrogen-bond acceptors (Lipinski definition) is 4. The van der Waals surface area contributed by atoms with Gasteiger partial charge in [0.25, 0.3) is 0 Å². The van der Waals surface area contributed by atoms with Crippen LogP contribution in [-0.2, 0) is 6.61 Å². The number of aliphatic hydroxyl groups excluding tert-OH is 1. The van der Waals surface area contributed by atoms with E-state index in [0.717, 1.165) is 0 Å². The van der Waals surface area contributed by atoms with Crippen LogP contribution in [0.25, 0.3) is 0 Å². The summed E-state index contributed by atoms with van der Waals surface area (Å²) in [5.41, 5.74) is 0.432. The summed E-state index contributed by atoms with van der Waals surface area (Å²) in [7, 11) is 0. The average Bonchev–Trinajstić information content (AvgIpc) is 2.41. The number of para-hydroxylation sites is 1. The highest BCUT2D eigenvalue weighted by Gasteiger charge is 2.17. The molecule has 0 saturated heterocycles. The molecule has 0 amide bonds. The predicted molar refractivity (Wildman–Crippen MR) is 73.2 cm³/mol. The molecule has 0 bridgehead atoms. The number of nitro benzene ring substituents is 1. The molecule has 0 spiro atoms. The highest BCUT2D eigenvalue weighted by atomic mass is 79.9. The summed E-state index contributed by atoms with van der Waals surface area (Å²) in [6, 6.07) is 11.4. The van der Waals surface area contributed by atoms with Crippen LogP contribution in [0.3, 0.4) is 0 Å². The molecule has 0 saturated carbocycles. The van der Waals surface area contributed by atoms with Crippen molar-refractivity contribution >= 4 is 21.6 Å². The van der Waals surface area contributed by atoms with Crippen LogP contribution >= 0.6 is 15.9 Å². The first kappa shape index (κ1) is 13.5. The number of rotatable bonds is 4. The summed E-state index contributed by atoms with van der Waals surface area (Å²) in [4.78, 5) is 10.5. The second kappa shape index (κ2) is 5.81. The molecule has 0 radical (unpaired) electrons. The Balaban J connectivity index is 2.41. The zero-order valence-electron chi connectivity index (χ0n) is 9.75. The highest BCUT2D eigenvalue weighted by molar-refractivity contribution is 9.10. The van der Waals surface area contributed by atoms with E-state index >= 15 is 0 Å². The third-order valence-electron chi connectivity index (χ3n) is 2.48. The lowest BCUT2D eigenvalue weighted by atomic mass is 10.2. The first-order chi connectivity index (χ1) is 9.11. The molecule has 19 heavy (non-hydrogen) atoms. The third-order valence-corrected chi connectivity index (χ3v) is 2.97. The minimum atomic E-state index is -0.512. The third kappa shape index (κ3) is 3.10. The standard InChI is InChI=1S/C13H10BrNO4/c14-10-5-6-13(11(7-10)15(17)18)19-12-4-2-1-3-9(12)8-16/h1-7,16H,8H2. The van der Waals surface area contributed by atoms with Gasteiger partial charge >= 0.3 is 5.69 Å². The van der Waals surface area contributed by atoms with Gasteiger partial charge < -0.3 is 9.84 Å². The van der Waals surface area contributed by atoms with E-state index in [0.29, 0.717) is 15.8 Å².